The van der Waals surface area contributed by atoms with Gasteiger partial charge in [0, 0.05) is 37.0 Å². The zero-order valence-corrected chi connectivity index (χ0v) is 11.4. The molecule has 18 heavy (non-hydrogen) atoms. The summed E-state index contributed by atoms with van der Waals surface area (Å²) in [6.45, 7) is 3.87. The molecule has 1 aromatic rings. The summed E-state index contributed by atoms with van der Waals surface area (Å²) in [5, 5.41) is 3.15. The minimum Gasteiger partial charge on any atom is -0.378 e. The summed E-state index contributed by atoms with van der Waals surface area (Å²) in [6.07, 6.45) is 7.69. The van der Waals surface area contributed by atoms with Crippen LogP contribution in [0.3, 0.4) is 0 Å². The van der Waals surface area contributed by atoms with Gasteiger partial charge in [0.25, 0.3) is 0 Å². The van der Waals surface area contributed by atoms with Crippen LogP contribution in [0.1, 0.15) is 43.3 Å². The molecule has 0 radical (unpaired) electrons. The molecule has 4 nitrogen and oxygen atoms in total. The Morgan fingerprint density at radius 1 is 1.44 bits per heavy atom. The summed E-state index contributed by atoms with van der Waals surface area (Å²) >= 11 is 0. The fourth-order valence-electron chi connectivity index (χ4n) is 2.40. The van der Waals surface area contributed by atoms with E-state index in [4.69, 9.17) is 4.74 Å². The van der Waals surface area contributed by atoms with Crippen LogP contribution in [0, 0.1) is 0 Å². The molecule has 1 aliphatic heterocycles. The van der Waals surface area contributed by atoms with Crippen LogP contribution >= 0.6 is 0 Å². The molecule has 2 rings (SSSR count). The fourth-order valence-corrected chi connectivity index (χ4v) is 2.40. The first-order valence-corrected chi connectivity index (χ1v) is 6.93. The summed E-state index contributed by atoms with van der Waals surface area (Å²) < 4.78 is 5.74. The number of aryl methyl sites for hydroxylation is 1. The maximum atomic E-state index is 5.74. The molecule has 1 atom stereocenters. The highest BCUT2D eigenvalue weighted by molar-refractivity contribution is 5.17. The zero-order chi connectivity index (χ0) is 12.8. The molecular formula is C14H23N3O. The molecule has 4 heteroatoms. The molecule has 0 aromatic carbocycles. The van der Waals surface area contributed by atoms with Crippen LogP contribution in [0.2, 0.25) is 0 Å². The summed E-state index contributed by atoms with van der Waals surface area (Å²) in [6, 6.07) is 0. The van der Waals surface area contributed by atoms with Crippen LogP contribution in [0.15, 0.2) is 6.20 Å². The lowest BCUT2D eigenvalue weighted by Crippen LogP contribution is -2.23. The summed E-state index contributed by atoms with van der Waals surface area (Å²) in [5.74, 6) is 0.929. The molecule has 0 bridgehead atoms. The number of nitrogens with zero attached hydrogens (tertiary/aromatic N) is 2. The van der Waals surface area contributed by atoms with E-state index in [1.807, 2.05) is 13.2 Å². The second-order valence-corrected chi connectivity index (χ2v) is 4.83. The van der Waals surface area contributed by atoms with Gasteiger partial charge in [-0.1, -0.05) is 6.92 Å². The standard InChI is InChI=1S/C14H23N3O/c1-3-13-11(9-15-2)10-16-14(17-13)8-12-6-4-5-7-18-12/h10,12,15H,3-9H2,1-2H3. The van der Waals surface area contributed by atoms with E-state index < -0.39 is 0 Å². The quantitative estimate of drug-likeness (QED) is 0.865. The molecule has 1 fully saturated rings. The van der Waals surface area contributed by atoms with E-state index in [0.717, 1.165) is 43.9 Å². The number of aromatic nitrogens is 2. The molecule has 0 aliphatic carbocycles. The largest absolute Gasteiger partial charge is 0.378 e. The number of rotatable bonds is 5. The molecular weight excluding hydrogens is 226 g/mol. The van der Waals surface area contributed by atoms with Gasteiger partial charge in [-0.2, -0.15) is 0 Å². The highest BCUT2D eigenvalue weighted by Gasteiger charge is 2.16. The molecule has 1 unspecified atom stereocenters. The van der Waals surface area contributed by atoms with Crippen molar-refractivity contribution in [3.63, 3.8) is 0 Å². The molecule has 0 saturated carbocycles. The van der Waals surface area contributed by atoms with Crippen LogP contribution in [0.25, 0.3) is 0 Å². The van der Waals surface area contributed by atoms with E-state index >= 15 is 0 Å². The van der Waals surface area contributed by atoms with Crippen LogP contribution in [0.4, 0.5) is 0 Å². The Bertz CT molecular complexity index is 375. The number of nitrogens with one attached hydrogen (secondary N) is 1. The molecule has 0 spiro atoms. The molecule has 2 heterocycles. The van der Waals surface area contributed by atoms with Crippen LogP contribution in [-0.4, -0.2) is 29.7 Å². The molecule has 100 valence electrons. The van der Waals surface area contributed by atoms with Crippen molar-refractivity contribution in [1.82, 2.24) is 15.3 Å². The lowest BCUT2D eigenvalue weighted by atomic mass is 10.1. The van der Waals surface area contributed by atoms with Gasteiger partial charge in [-0.05, 0) is 32.7 Å². The van der Waals surface area contributed by atoms with Crippen LogP contribution < -0.4 is 5.32 Å². The molecule has 1 aromatic heterocycles. The van der Waals surface area contributed by atoms with E-state index in [2.05, 4.69) is 22.2 Å². The first-order valence-electron chi connectivity index (χ1n) is 6.93. The highest BCUT2D eigenvalue weighted by atomic mass is 16.5. The average Bonchev–Trinajstić information content (AvgIpc) is 2.42. The van der Waals surface area contributed by atoms with Crippen molar-refractivity contribution in [2.24, 2.45) is 0 Å². The summed E-state index contributed by atoms with van der Waals surface area (Å²) in [7, 11) is 1.95. The lowest BCUT2D eigenvalue weighted by Gasteiger charge is -2.22. The monoisotopic (exact) mass is 249 g/mol. The first-order chi connectivity index (χ1) is 8.83. The second-order valence-electron chi connectivity index (χ2n) is 4.83. The fraction of sp³-hybridized carbons (Fsp3) is 0.714. The lowest BCUT2D eigenvalue weighted by molar-refractivity contribution is 0.0156. The van der Waals surface area contributed by atoms with Gasteiger partial charge in [-0.25, -0.2) is 9.97 Å². The predicted octanol–water partition coefficient (Wildman–Crippen LogP) is 1.87. The normalized spacial score (nSPS) is 20.0. The van der Waals surface area contributed by atoms with E-state index in [1.54, 1.807) is 0 Å². The summed E-state index contributed by atoms with van der Waals surface area (Å²) in [4.78, 5) is 9.14. The topological polar surface area (TPSA) is 47.0 Å². The van der Waals surface area contributed by atoms with Crippen LogP contribution in [-0.2, 0) is 24.1 Å². The Kier molecular flexibility index (Phi) is 5.08. The Labute approximate surface area is 109 Å². The molecule has 0 amide bonds. The van der Waals surface area contributed by atoms with Crippen molar-refractivity contribution in [2.75, 3.05) is 13.7 Å². The van der Waals surface area contributed by atoms with Crippen molar-refractivity contribution in [3.8, 4) is 0 Å². The van der Waals surface area contributed by atoms with Crippen molar-refractivity contribution in [2.45, 2.75) is 51.7 Å². The second kappa shape index (κ2) is 6.81. The predicted molar refractivity (Wildman–Crippen MR) is 71.5 cm³/mol. The van der Waals surface area contributed by atoms with Crippen molar-refractivity contribution >= 4 is 0 Å². The zero-order valence-electron chi connectivity index (χ0n) is 11.4. The third-order valence-electron chi connectivity index (χ3n) is 3.39. The molecule has 1 saturated heterocycles. The third-order valence-corrected chi connectivity index (χ3v) is 3.39. The van der Waals surface area contributed by atoms with Gasteiger partial charge >= 0.3 is 0 Å². The van der Waals surface area contributed by atoms with E-state index in [1.165, 1.54) is 18.4 Å². The molecule has 1 aliphatic rings. The Morgan fingerprint density at radius 2 is 2.33 bits per heavy atom. The number of ether oxygens (including phenoxy) is 1. The van der Waals surface area contributed by atoms with E-state index in [-0.39, 0.29) is 0 Å². The van der Waals surface area contributed by atoms with Gasteiger partial charge in [0.15, 0.2) is 0 Å². The van der Waals surface area contributed by atoms with Gasteiger partial charge in [0.1, 0.15) is 5.82 Å². The smallest absolute Gasteiger partial charge is 0.131 e. The van der Waals surface area contributed by atoms with E-state index in [0.29, 0.717) is 6.10 Å². The van der Waals surface area contributed by atoms with E-state index in [9.17, 15) is 0 Å². The van der Waals surface area contributed by atoms with Crippen molar-refractivity contribution in [3.05, 3.63) is 23.3 Å². The van der Waals surface area contributed by atoms with Gasteiger partial charge in [-0.15, -0.1) is 0 Å². The summed E-state index contributed by atoms with van der Waals surface area (Å²) in [5.41, 5.74) is 2.36. The number of hydrogen-bond acceptors (Lipinski definition) is 4. The average molecular weight is 249 g/mol. The minimum absolute atomic E-state index is 0.318. The van der Waals surface area contributed by atoms with Crippen LogP contribution in [0.5, 0.6) is 0 Å². The van der Waals surface area contributed by atoms with Gasteiger partial charge in [0.05, 0.1) is 6.10 Å². The van der Waals surface area contributed by atoms with Gasteiger partial charge in [-0.3, -0.25) is 0 Å². The minimum atomic E-state index is 0.318. The Hall–Kier alpha value is -1.00. The van der Waals surface area contributed by atoms with Gasteiger partial charge in [0.2, 0.25) is 0 Å². The van der Waals surface area contributed by atoms with Crippen molar-refractivity contribution in [1.29, 1.82) is 0 Å². The third kappa shape index (κ3) is 3.50. The Morgan fingerprint density at radius 3 is 3.00 bits per heavy atom. The highest BCUT2D eigenvalue weighted by Crippen LogP contribution is 2.16. The maximum absolute atomic E-state index is 5.74. The number of hydrogen-bond donors (Lipinski definition) is 1. The Balaban J connectivity index is 2.04. The van der Waals surface area contributed by atoms with Crippen molar-refractivity contribution < 1.29 is 4.74 Å². The van der Waals surface area contributed by atoms with Gasteiger partial charge < -0.3 is 10.1 Å². The first kappa shape index (κ1) is 13.4. The SMILES string of the molecule is CCc1nc(CC2CCCCO2)ncc1CNC. The maximum Gasteiger partial charge on any atom is 0.131 e. The molecule has 1 N–H and O–H groups in total.